The van der Waals surface area contributed by atoms with Crippen LogP contribution in [0.25, 0.3) is 0 Å². The summed E-state index contributed by atoms with van der Waals surface area (Å²) in [6, 6.07) is 21.9. The van der Waals surface area contributed by atoms with Gasteiger partial charge in [-0.15, -0.1) is 11.8 Å². The molecule has 0 saturated heterocycles. The van der Waals surface area contributed by atoms with Gasteiger partial charge in [-0.2, -0.15) is 0 Å². The summed E-state index contributed by atoms with van der Waals surface area (Å²) in [4.78, 5) is 30.2. The molecule has 0 spiro atoms. The minimum Gasteiger partial charge on any atom is -0.332 e. The number of pyridine rings is 1. The Morgan fingerprint density at radius 2 is 1.59 bits per heavy atom. The average molecular weight is 441 g/mol. The highest BCUT2D eigenvalue weighted by Gasteiger charge is 2.27. The van der Waals surface area contributed by atoms with Crippen LogP contribution in [-0.4, -0.2) is 21.4 Å². The number of nitrogens with one attached hydrogen (secondary N) is 2. The molecule has 4 aromatic rings. The van der Waals surface area contributed by atoms with Crippen molar-refractivity contribution in [3.05, 3.63) is 114 Å². The van der Waals surface area contributed by atoms with E-state index in [1.807, 2.05) is 42.7 Å². The fraction of sp³-hybridized carbons (Fsp3) is 0.0800. The van der Waals surface area contributed by atoms with Gasteiger partial charge in [0.15, 0.2) is 0 Å². The number of rotatable bonds is 5. The van der Waals surface area contributed by atoms with E-state index in [4.69, 9.17) is 0 Å². The lowest BCUT2D eigenvalue weighted by Gasteiger charge is -2.12. The molecule has 0 saturated carbocycles. The molecule has 1 aliphatic rings. The molecule has 2 aromatic carbocycles. The lowest BCUT2D eigenvalue weighted by Crippen LogP contribution is -2.20. The highest BCUT2D eigenvalue weighted by atomic mass is 32.2. The average Bonchev–Trinajstić information content (AvgIpc) is 3.43. The lowest BCUT2D eigenvalue weighted by molar-refractivity contribution is 0.0990. The summed E-state index contributed by atoms with van der Waals surface area (Å²) in [5.41, 5.74) is 4.25. The van der Waals surface area contributed by atoms with Crippen molar-refractivity contribution >= 4 is 35.0 Å². The Labute approximate surface area is 189 Å². The summed E-state index contributed by atoms with van der Waals surface area (Å²) in [6.07, 6.45) is 5.61. The molecule has 158 valence electrons. The van der Waals surface area contributed by atoms with Crippen LogP contribution in [-0.2, 0) is 5.75 Å². The summed E-state index contributed by atoms with van der Waals surface area (Å²) in [5, 5.41) is 5.98. The van der Waals surface area contributed by atoms with Gasteiger partial charge < -0.3 is 15.2 Å². The van der Waals surface area contributed by atoms with E-state index in [-0.39, 0.29) is 17.2 Å². The number of fused-ring (bicyclic) bond motifs is 1. The number of hydrogen-bond acceptors (Lipinski definition) is 4. The molecule has 1 unspecified atom stereocenters. The van der Waals surface area contributed by atoms with E-state index in [1.165, 1.54) is 0 Å². The van der Waals surface area contributed by atoms with Crippen molar-refractivity contribution in [2.45, 2.75) is 11.1 Å². The number of benzene rings is 2. The predicted octanol–water partition coefficient (Wildman–Crippen LogP) is 5.18. The first-order valence-electron chi connectivity index (χ1n) is 10.2. The monoisotopic (exact) mass is 440 g/mol. The van der Waals surface area contributed by atoms with Crippen molar-refractivity contribution in [3.63, 3.8) is 0 Å². The first kappa shape index (κ1) is 20.1. The smallest absolute Gasteiger partial charge is 0.256 e. The van der Waals surface area contributed by atoms with Gasteiger partial charge in [0.05, 0.1) is 22.5 Å². The molecule has 6 nitrogen and oxygen atoms in total. The van der Waals surface area contributed by atoms with Gasteiger partial charge in [-0.1, -0.05) is 36.4 Å². The number of nitrogens with zero attached hydrogens (tertiary/aromatic N) is 2. The molecule has 2 amide bonds. The van der Waals surface area contributed by atoms with Gasteiger partial charge in [-0.3, -0.25) is 14.6 Å². The molecule has 0 fully saturated rings. The summed E-state index contributed by atoms with van der Waals surface area (Å²) >= 11 is 1.78. The Kier molecular flexibility index (Phi) is 5.47. The number of amides is 2. The minimum atomic E-state index is -0.323. The van der Waals surface area contributed by atoms with Gasteiger partial charge in [0.2, 0.25) is 0 Å². The Balaban J connectivity index is 1.37. The van der Waals surface area contributed by atoms with Crippen molar-refractivity contribution in [1.29, 1.82) is 0 Å². The first-order valence-corrected chi connectivity index (χ1v) is 11.2. The van der Waals surface area contributed by atoms with E-state index >= 15 is 0 Å². The Bertz CT molecular complexity index is 1270. The molecule has 32 heavy (non-hydrogen) atoms. The number of anilines is 2. The zero-order valence-electron chi connectivity index (χ0n) is 17.1. The quantitative estimate of drug-likeness (QED) is 0.448. The number of thioether (sulfide) groups is 1. The van der Waals surface area contributed by atoms with Crippen LogP contribution in [0.1, 0.15) is 37.3 Å². The molecule has 1 atom stereocenters. The Morgan fingerprint density at radius 3 is 2.31 bits per heavy atom. The number of hydrogen-bond donors (Lipinski definition) is 2. The summed E-state index contributed by atoms with van der Waals surface area (Å²) in [6.45, 7) is 0. The third-order valence-electron chi connectivity index (χ3n) is 5.32. The molecule has 7 heteroatoms. The first-order chi connectivity index (χ1) is 15.7. The molecule has 3 heterocycles. The van der Waals surface area contributed by atoms with Crippen LogP contribution in [0.5, 0.6) is 0 Å². The van der Waals surface area contributed by atoms with E-state index < -0.39 is 0 Å². The molecular weight excluding hydrogens is 420 g/mol. The van der Waals surface area contributed by atoms with Gasteiger partial charge in [-0.05, 0) is 36.4 Å². The maximum atomic E-state index is 13.1. The SMILES string of the molecule is O=C(Nc1ccccc1)c1ccccc1C(=O)Nc1ccn2c1CSC2c1cccnc1. The molecule has 2 N–H and O–H groups in total. The van der Waals surface area contributed by atoms with Crippen LogP contribution in [0.2, 0.25) is 0 Å². The highest BCUT2D eigenvalue weighted by molar-refractivity contribution is 7.99. The van der Waals surface area contributed by atoms with Crippen LogP contribution in [0.3, 0.4) is 0 Å². The van der Waals surface area contributed by atoms with Crippen molar-refractivity contribution in [1.82, 2.24) is 9.55 Å². The van der Waals surface area contributed by atoms with Crippen LogP contribution >= 0.6 is 11.8 Å². The standard InChI is InChI=1S/C25H20N4O2S/c30-23(27-18-8-2-1-3-9-18)19-10-4-5-11-20(19)24(31)28-21-12-14-29-22(21)16-32-25(29)17-7-6-13-26-15-17/h1-15,25H,16H2,(H,27,30)(H,28,31). The Morgan fingerprint density at radius 1 is 0.875 bits per heavy atom. The number of aromatic nitrogens is 2. The number of carbonyl (C=O) groups is 2. The van der Waals surface area contributed by atoms with Gasteiger partial charge in [0.1, 0.15) is 5.37 Å². The second-order valence-electron chi connectivity index (χ2n) is 7.35. The van der Waals surface area contributed by atoms with E-state index in [0.717, 1.165) is 22.7 Å². The third-order valence-corrected chi connectivity index (χ3v) is 6.58. The number of para-hydroxylation sites is 1. The van der Waals surface area contributed by atoms with Gasteiger partial charge in [-0.25, -0.2) is 0 Å². The largest absolute Gasteiger partial charge is 0.332 e. The molecule has 5 rings (SSSR count). The van der Waals surface area contributed by atoms with Crippen LogP contribution in [0, 0.1) is 0 Å². The lowest BCUT2D eigenvalue weighted by atomic mass is 10.1. The molecular formula is C25H20N4O2S. The Hall–Kier alpha value is -3.84. The van der Waals surface area contributed by atoms with E-state index in [0.29, 0.717) is 16.8 Å². The van der Waals surface area contributed by atoms with Gasteiger partial charge >= 0.3 is 0 Å². The summed E-state index contributed by atoms with van der Waals surface area (Å²) < 4.78 is 2.16. The van der Waals surface area contributed by atoms with Crippen LogP contribution < -0.4 is 10.6 Å². The molecule has 2 aromatic heterocycles. The van der Waals surface area contributed by atoms with Gasteiger partial charge in [0, 0.05) is 35.6 Å². The third kappa shape index (κ3) is 3.90. The van der Waals surface area contributed by atoms with Crippen molar-refractivity contribution < 1.29 is 9.59 Å². The van der Waals surface area contributed by atoms with E-state index in [1.54, 1.807) is 54.4 Å². The van der Waals surface area contributed by atoms with Crippen molar-refractivity contribution in [2.24, 2.45) is 0 Å². The minimum absolute atomic E-state index is 0.133. The van der Waals surface area contributed by atoms with Crippen LogP contribution in [0.4, 0.5) is 11.4 Å². The fourth-order valence-electron chi connectivity index (χ4n) is 3.77. The molecule has 0 aliphatic carbocycles. The van der Waals surface area contributed by atoms with Crippen molar-refractivity contribution in [2.75, 3.05) is 10.6 Å². The molecule has 0 bridgehead atoms. The van der Waals surface area contributed by atoms with Crippen molar-refractivity contribution in [3.8, 4) is 0 Å². The van der Waals surface area contributed by atoms with E-state index in [9.17, 15) is 9.59 Å². The number of carbonyl (C=O) groups excluding carboxylic acids is 2. The fourth-order valence-corrected chi connectivity index (χ4v) is 5.08. The highest BCUT2D eigenvalue weighted by Crippen LogP contribution is 2.43. The summed E-state index contributed by atoms with van der Waals surface area (Å²) in [7, 11) is 0. The second kappa shape index (κ2) is 8.72. The zero-order chi connectivity index (χ0) is 21.9. The maximum Gasteiger partial charge on any atom is 0.256 e. The predicted molar refractivity (Wildman–Crippen MR) is 127 cm³/mol. The normalized spacial score (nSPS) is 14.6. The van der Waals surface area contributed by atoms with Gasteiger partial charge in [0.25, 0.3) is 11.8 Å². The summed E-state index contributed by atoms with van der Waals surface area (Å²) in [5.74, 6) is 0.141. The molecule has 0 radical (unpaired) electrons. The zero-order valence-corrected chi connectivity index (χ0v) is 17.9. The van der Waals surface area contributed by atoms with Crippen LogP contribution in [0.15, 0.2) is 91.4 Å². The second-order valence-corrected chi connectivity index (χ2v) is 8.42. The topological polar surface area (TPSA) is 76.0 Å². The van der Waals surface area contributed by atoms with E-state index in [2.05, 4.69) is 26.3 Å². The maximum absolute atomic E-state index is 13.1. The molecule has 1 aliphatic heterocycles.